The molecule has 0 spiro atoms. The standard InChI is InChI=1S/C9F18N2/c10-1(3(12,13)14)2(11)28-6(20,21)8(24,25)29(5(18,19)4(15,16)17)9(26,27)7(28,22)23/b2-1+. The number of halogens is 18. The summed E-state index contributed by atoms with van der Waals surface area (Å²) in [5.74, 6) is -9.57. The van der Waals surface area contributed by atoms with Gasteiger partial charge in [-0.15, -0.1) is 0 Å². The lowest BCUT2D eigenvalue weighted by atomic mass is 10.1. The van der Waals surface area contributed by atoms with Crippen LogP contribution < -0.4 is 0 Å². The minimum atomic E-state index is -7.87. The molecule has 172 valence electrons. The Hall–Kier alpha value is -1.76. The molecule has 1 saturated heterocycles. The van der Waals surface area contributed by atoms with E-state index < -0.39 is 64.2 Å². The Morgan fingerprint density at radius 2 is 0.862 bits per heavy atom. The van der Waals surface area contributed by atoms with Crippen molar-refractivity contribution in [2.75, 3.05) is 0 Å². The molecule has 0 aromatic carbocycles. The number of hydrogen-bond acceptors (Lipinski definition) is 2. The predicted octanol–water partition coefficient (Wildman–Crippen LogP) is 5.80. The van der Waals surface area contributed by atoms with Crippen LogP contribution in [0, 0.1) is 0 Å². The SMILES string of the molecule is F/C(=C(\F)C(F)(F)F)N1C(F)(F)C(F)(F)N(C(F)(F)C(F)(F)F)C(F)(F)C1(F)F. The van der Waals surface area contributed by atoms with Crippen molar-refractivity contribution < 1.29 is 79.0 Å². The van der Waals surface area contributed by atoms with Gasteiger partial charge in [0, 0.05) is 0 Å². The van der Waals surface area contributed by atoms with Crippen LogP contribution in [0.15, 0.2) is 11.8 Å². The van der Waals surface area contributed by atoms with E-state index in [2.05, 4.69) is 0 Å². The van der Waals surface area contributed by atoms with Gasteiger partial charge in [-0.3, -0.25) is 0 Å². The first-order valence-corrected chi connectivity index (χ1v) is 5.99. The van der Waals surface area contributed by atoms with Gasteiger partial charge in [0.15, 0.2) is 0 Å². The summed E-state index contributed by atoms with van der Waals surface area (Å²) in [7, 11) is 0. The Balaban J connectivity index is 3.97. The minimum Gasteiger partial charge on any atom is -0.212 e. The first-order valence-electron chi connectivity index (χ1n) is 5.99. The third kappa shape index (κ3) is 3.22. The van der Waals surface area contributed by atoms with Crippen molar-refractivity contribution in [1.82, 2.24) is 9.80 Å². The van der Waals surface area contributed by atoms with Crippen LogP contribution in [0.3, 0.4) is 0 Å². The van der Waals surface area contributed by atoms with E-state index in [0.29, 0.717) is 0 Å². The second kappa shape index (κ2) is 6.13. The smallest absolute Gasteiger partial charge is 0.212 e. The highest BCUT2D eigenvalue weighted by molar-refractivity contribution is 5.15. The average Bonchev–Trinajstić information content (AvgIpc) is 2.40. The summed E-state index contributed by atoms with van der Waals surface area (Å²) in [6.07, 6.45) is -14.5. The van der Waals surface area contributed by atoms with Gasteiger partial charge in [-0.1, -0.05) is 4.90 Å². The van der Waals surface area contributed by atoms with Crippen LogP contribution in [0.2, 0.25) is 0 Å². The summed E-state index contributed by atoms with van der Waals surface area (Å²) >= 11 is 0. The molecule has 0 unspecified atom stereocenters. The van der Waals surface area contributed by atoms with E-state index in [9.17, 15) is 79.0 Å². The minimum absolute atomic E-state index is 3.87. The van der Waals surface area contributed by atoms with Gasteiger partial charge in [0.05, 0.1) is 0 Å². The van der Waals surface area contributed by atoms with Crippen LogP contribution in [0.25, 0.3) is 0 Å². The maximum Gasteiger partial charge on any atom is 0.469 e. The Bertz CT molecular complexity index is 654. The van der Waals surface area contributed by atoms with Gasteiger partial charge >= 0.3 is 42.6 Å². The second-order valence-corrected chi connectivity index (χ2v) is 4.98. The number of alkyl halides is 16. The van der Waals surface area contributed by atoms with Gasteiger partial charge in [0.25, 0.3) is 5.83 Å². The molecular formula is C9F18N2. The molecule has 1 heterocycles. The Labute approximate surface area is 144 Å². The molecule has 2 nitrogen and oxygen atoms in total. The van der Waals surface area contributed by atoms with E-state index in [-0.39, 0.29) is 0 Å². The van der Waals surface area contributed by atoms with E-state index in [0.717, 1.165) is 0 Å². The summed E-state index contributed by atoms with van der Waals surface area (Å²) in [6, 6.07) is -39.0. The molecule has 0 amide bonds. The Morgan fingerprint density at radius 1 is 0.552 bits per heavy atom. The van der Waals surface area contributed by atoms with E-state index in [1.807, 2.05) is 0 Å². The first-order chi connectivity index (χ1) is 12.3. The molecule has 0 atom stereocenters. The molecule has 0 N–H and O–H groups in total. The van der Waals surface area contributed by atoms with Crippen molar-refractivity contribution in [2.45, 2.75) is 42.6 Å². The van der Waals surface area contributed by atoms with E-state index in [4.69, 9.17) is 0 Å². The van der Waals surface area contributed by atoms with Crippen LogP contribution in [-0.2, 0) is 0 Å². The molecule has 20 heteroatoms. The molecule has 0 aromatic heterocycles. The highest BCUT2D eigenvalue weighted by Gasteiger charge is 2.92. The van der Waals surface area contributed by atoms with E-state index >= 15 is 0 Å². The monoisotopic (exact) mass is 478 g/mol. The van der Waals surface area contributed by atoms with Gasteiger partial charge in [0.1, 0.15) is 0 Å². The molecule has 0 radical (unpaired) electrons. The summed E-state index contributed by atoms with van der Waals surface area (Å²) in [4.78, 5) is -8.21. The zero-order valence-corrected chi connectivity index (χ0v) is 12.2. The van der Waals surface area contributed by atoms with Crippen molar-refractivity contribution in [1.29, 1.82) is 0 Å². The Morgan fingerprint density at radius 3 is 1.10 bits per heavy atom. The van der Waals surface area contributed by atoms with Crippen LogP contribution in [0.1, 0.15) is 0 Å². The van der Waals surface area contributed by atoms with Crippen LogP contribution in [-0.4, -0.2) is 52.4 Å². The topological polar surface area (TPSA) is 6.48 Å². The summed E-state index contributed by atoms with van der Waals surface area (Å²) < 4.78 is 231. The maximum atomic E-state index is 13.5. The van der Waals surface area contributed by atoms with E-state index in [1.165, 1.54) is 0 Å². The second-order valence-electron chi connectivity index (χ2n) is 4.98. The van der Waals surface area contributed by atoms with Crippen molar-refractivity contribution >= 4 is 0 Å². The predicted molar refractivity (Wildman–Crippen MR) is 49.8 cm³/mol. The summed E-state index contributed by atoms with van der Waals surface area (Å²) in [5, 5.41) is 0. The molecule has 0 aromatic rings. The zero-order valence-electron chi connectivity index (χ0n) is 12.2. The molecule has 0 saturated carbocycles. The number of rotatable bonds is 2. The fourth-order valence-corrected chi connectivity index (χ4v) is 1.83. The third-order valence-electron chi connectivity index (χ3n) is 3.10. The number of allylic oxidation sites excluding steroid dienone is 1. The van der Waals surface area contributed by atoms with Gasteiger partial charge in [-0.05, 0) is 0 Å². The fourth-order valence-electron chi connectivity index (χ4n) is 1.83. The Kier molecular flexibility index (Phi) is 5.34. The van der Waals surface area contributed by atoms with E-state index in [1.54, 1.807) is 0 Å². The highest BCUT2D eigenvalue weighted by atomic mass is 19.4. The number of piperazine rings is 1. The molecule has 0 bridgehead atoms. The molecule has 29 heavy (non-hydrogen) atoms. The normalized spacial score (nSPS) is 25.7. The lowest BCUT2D eigenvalue weighted by Crippen LogP contribution is -2.84. The largest absolute Gasteiger partial charge is 0.469 e. The lowest BCUT2D eigenvalue weighted by Gasteiger charge is -2.54. The van der Waals surface area contributed by atoms with Gasteiger partial charge in [-0.2, -0.15) is 79.0 Å². The van der Waals surface area contributed by atoms with Crippen molar-refractivity contribution in [3.63, 3.8) is 0 Å². The molecule has 1 aliphatic rings. The third-order valence-corrected chi connectivity index (χ3v) is 3.10. The van der Waals surface area contributed by atoms with Crippen molar-refractivity contribution in [3.8, 4) is 0 Å². The average molecular weight is 478 g/mol. The maximum absolute atomic E-state index is 13.5. The molecule has 0 aliphatic carbocycles. The van der Waals surface area contributed by atoms with Gasteiger partial charge in [0.2, 0.25) is 5.95 Å². The zero-order chi connectivity index (χ0) is 23.8. The van der Waals surface area contributed by atoms with Crippen molar-refractivity contribution in [2.24, 2.45) is 0 Å². The first kappa shape index (κ1) is 25.3. The lowest BCUT2D eigenvalue weighted by molar-refractivity contribution is -0.552. The van der Waals surface area contributed by atoms with Gasteiger partial charge < -0.3 is 0 Å². The quantitative estimate of drug-likeness (QED) is 0.366. The fraction of sp³-hybridized carbons (Fsp3) is 0.778. The summed E-state index contributed by atoms with van der Waals surface area (Å²) in [6.45, 7) is 0. The van der Waals surface area contributed by atoms with Crippen LogP contribution in [0.4, 0.5) is 79.0 Å². The highest BCUT2D eigenvalue weighted by Crippen LogP contribution is 2.63. The summed E-state index contributed by atoms with van der Waals surface area (Å²) in [5.41, 5.74) is 0. The number of nitrogens with zero attached hydrogens (tertiary/aromatic N) is 2. The molecule has 1 rings (SSSR count). The molecule has 1 fully saturated rings. The van der Waals surface area contributed by atoms with Crippen LogP contribution in [0.5, 0.6) is 0 Å². The molecule has 1 aliphatic heterocycles. The molecular weight excluding hydrogens is 478 g/mol. The van der Waals surface area contributed by atoms with Gasteiger partial charge in [-0.25, -0.2) is 4.90 Å². The number of hydrogen-bond donors (Lipinski definition) is 0. The van der Waals surface area contributed by atoms with Crippen LogP contribution >= 0.6 is 0 Å². The van der Waals surface area contributed by atoms with Crippen molar-refractivity contribution in [3.05, 3.63) is 11.8 Å².